The van der Waals surface area contributed by atoms with E-state index in [-0.39, 0.29) is 17.5 Å². The van der Waals surface area contributed by atoms with Crippen molar-refractivity contribution in [2.45, 2.75) is 25.9 Å². The first-order chi connectivity index (χ1) is 8.21. The Morgan fingerprint density at radius 1 is 1.28 bits per heavy atom. The fourth-order valence-corrected chi connectivity index (χ4v) is 1.88. The first-order valence-corrected chi connectivity index (χ1v) is 5.55. The van der Waals surface area contributed by atoms with Crippen LogP contribution in [-0.4, -0.2) is 35.9 Å². The molecule has 2 N–H and O–H groups in total. The zero-order valence-electron chi connectivity index (χ0n) is 9.96. The first kappa shape index (κ1) is 14.5. The highest BCUT2D eigenvalue weighted by Gasteiger charge is 2.37. The van der Waals surface area contributed by atoms with Crippen LogP contribution < -0.4 is 5.73 Å². The lowest BCUT2D eigenvalue weighted by molar-refractivity contribution is -0.165. The molecule has 0 aliphatic carbocycles. The Labute approximate surface area is 103 Å². The van der Waals surface area contributed by atoms with Crippen molar-refractivity contribution in [1.82, 2.24) is 4.90 Å². The fraction of sp³-hybridized carbons (Fsp3) is 0.636. The zero-order chi connectivity index (χ0) is 13.9. The summed E-state index contributed by atoms with van der Waals surface area (Å²) in [4.78, 5) is 23.4. The maximum atomic E-state index is 12.1. The van der Waals surface area contributed by atoms with Crippen LogP contribution in [0.2, 0.25) is 0 Å². The third-order valence-electron chi connectivity index (χ3n) is 3.02. The van der Waals surface area contributed by atoms with Crippen molar-refractivity contribution in [1.29, 1.82) is 0 Å². The van der Waals surface area contributed by atoms with Gasteiger partial charge >= 0.3 is 6.18 Å². The van der Waals surface area contributed by atoms with E-state index in [2.05, 4.69) is 0 Å². The third-order valence-corrected chi connectivity index (χ3v) is 3.02. The van der Waals surface area contributed by atoms with Crippen LogP contribution in [0.3, 0.4) is 0 Å². The summed E-state index contributed by atoms with van der Waals surface area (Å²) in [5, 5.41) is 0. The molecule has 0 bridgehead atoms. The highest BCUT2D eigenvalue weighted by molar-refractivity contribution is 5.94. The minimum atomic E-state index is -4.84. The zero-order valence-corrected chi connectivity index (χ0v) is 9.96. The maximum Gasteiger partial charge on any atom is 0.454 e. The molecule has 102 valence electrons. The second kappa shape index (κ2) is 5.41. The Balaban J connectivity index is 2.60. The molecule has 1 amide bonds. The molecule has 1 heterocycles. The molecule has 1 saturated heterocycles. The van der Waals surface area contributed by atoms with Gasteiger partial charge in [-0.25, -0.2) is 0 Å². The quantitative estimate of drug-likeness (QED) is 0.779. The molecular formula is C11H15F3N2O2. The number of primary amides is 1. The van der Waals surface area contributed by atoms with Crippen LogP contribution in [0.15, 0.2) is 11.8 Å². The predicted octanol–water partition coefficient (Wildman–Crippen LogP) is 1.22. The number of hydrogen-bond acceptors (Lipinski definition) is 3. The van der Waals surface area contributed by atoms with Gasteiger partial charge in [-0.05, 0) is 19.8 Å². The molecule has 0 aromatic heterocycles. The van der Waals surface area contributed by atoms with E-state index < -0.39 is 12.0 Å². The van der Waals surface area contributed by atoms with Gasteiger partial charge in [0, 0.05) is 30.8 Å². The van der Waals surface area contributed by atoms with E-state index in [1.54, 1.807) is 4.90 Å². The van der Waals surface area contributed by atoms with E-state index >= 15 is 0 Å². The Morgan fingerprint density at radius 2 is 1.78 bits per heavy atom. The van der Waals surface area contributed by atoms with Crippen LogP contribution in [-0.2, 0) is 9.59 Å². The van der Waals surface area contributed by atoms with Gasteiger partial charge in [0.2, 0.25) is 5.91 Å². The van der Waals surface area contributed by atoms with Gasteiger partial charge in [-0.1, -0.05) is 0 Å². The number of carbonyl (C=O) groups excluding carboxylic acids is 2. The number of carbonyl (C=O) groups is 2. The van der Waals surface area contributed by atoms with Gasteiger partial charge in [0.05, 0.1) is 0 Å². The van der Waals surface area contributed by atoms with Crippen molar-refractivity contribution in [3.8, 4) is 0 Å². The second-order valence-electron chi connectivity index (χ2n) is 4.31. The largest absolute Gasteiger partial charge is 0.454 e. The molecule has 0 radical (unpaired) electrons. The number of nitrogens with zero attached hydrogens (tertiary/aromatic N) is 1. The first-order valence-electron chi connectivity index (χ1n) is 5.55. The topological polar surface area (TPSA) is 63.4 Å². The van der Waals surface area contributed by atoms with Crippen molar-refractivity contribution in [2.24, 2.45) is 11.7 Å². The lowest BCUT2D eigenvalue weighted by Gasteiger charge is -2.32. The summed E-state index contributed by atoms with van der Waals surface area (Å²) in [5.74, 6) is -2.48. The monoisotopic (exact) mass is 264 g/mol. The lowest BCUT2D eigenvalue weighted by atomic mass is 9.96. The van der Waals surface area contributed by atoms with Gasteiger partial charge in [0.15, 0.2) is 0 Å². The van der Waals surface area contributed by atoms with Gasteiger partial charge < -0.3 is 10.6 Å². The summed E-state index contributed by atoms with van der Waals surface area (Å²) in [6.45, 7) is 2.32. The van der Waals surface area contributed by atoms with Crippen molar-refractivity contribution in [3.05, 3.63) is 11.8 Å². The number of alkyl halides is 3. The number of hydrogen-bond donors (Lipinski definition) is 1. The van der Waals surface area contributed by atoms with Crippen LogP contribution in [0.25, 0.3) is 0 Å². The number of nitrogens with two attached hydrogens (primary N) is 1. The number of halogens is 3. The van der Waals surface area contributed by atoms with Crippen molar-refractivity contribution in [2.75, 3.05) is 13.1 Å². The van der Waals surface area contributed by atoms with Gasteiger partial charge in [-0.15, -0.1) is 0 Å². The SMILES string of the molecule is C/C(=C\C(=O)C(F)(F)F)N1CCC(C(N)=O)CC1. The van der Waals surface area contributed by atoms with Crippen LogP contribution in [0.5, 0.6) is 0 Å². The van der Waals surface area contributed by atoms with Gasteiger partial charge in [0.1, 0.15) is 0 Å². The summed E-state index contributed by atoms with van der Waals surface area (Å²) in [6.07, 6.45) is -3.25. The molecule has 18 heavy (non-hydrogen) atoms. The number of likely N-dealkylation sites (tertiary alicyclic amines) is 1. The third kappa shape index (κ3) is 3.75. The number of piperidine rings is 1. The molecule has 1 aliphatic rings. The Morgan fingerprint density at radius 3 is 2.17 bits per heavy atom. The Bertz CT molecular complexity index is 369. The molecule has 1 aliphatic heterocycles. The van der Waals surface area contributed by atoms with Crippen molar-refractivity contribution < 1.29 is 22.8 Å². The van der Waals surface area contributed by atoms with E-state index in [0.717, 1.165) is 0 Å². The number of amides is 1. The number of allylic oxidation sites excluding steroid dienone is 2. The van der Waals surface area contributed by atoms with Crippen molar-refractivity contribution >= 4 is 11.7 Å². The summed E-state index contributed by atoms with van der Waals surface area (Å²) >= 11 is 0. The Kier molecular flexibility index (Phi) is 4.37. The summed E-state index contributed by atoms with van der Waals surface area (Å²) < 4.78 is 36.2. The van der Waals surface area contributed by atoms with Gasteiger partial charge in [-0.3, -0.25) is 9.59 Å². The molecule has 7 heteroatoms. The minimum absolute atomic E-state index is 0.229. The van der Waals surface area contributed by atoms with Crippen LogP contribution in [0.4, 0.5) is 13.2 Å². The van der Waals surface area contributed by atoms with E-state index in [4.69, 9.17) is 5.73 Å². The molecule has 4 nitrogen and oxygen atoms in total. The van der Waals surface area contributed by atoms with E-state index in [0.29, 0.717) is 32.0 Å². The molecule has 0 unspecified atom stereocenters. The molecule has 0 saturated carbocycles. The second-order valence-corrected chi connectivity index (χ2v) is 4.31. The smallest absolute Gasteiger partial charge is 0.375 e. The summed E-state index contributed by atoms with van der Waals surface area (Å²) in [5.41, 5.74) is 5.42. The van der Waals surface area contributed by atoms with E-state index in [1.165, 1.54) is 6.92 Å². The fourth-order valence-electron chi connectivity index (χ4n) is 1.88. The minimum Gasteiger partial charge on any atom is -0.375 e. The standard InChI is InChI=1S/C11H15F3N2O2/c1-7(6-9(17)11(12,13)14)16-4-2-8(3-5-16)10(15)18/h6,8H,2-5H2,1H3,(H2,15,18)/b7-6+. The average molecular weight is 264 g/mol. The number of rotatable bonds is 3. The number of ketones is 1. The van der Waals surface area contributed by atoms with Gasteiger partial charge in [-0.2, -0.15) is 13.2 Å². The molecule has 0 spiro atoms. The summed E-state index contributed by atoms with van der Waals surface area (Å²) in [6, 6.07) is 0. The van der Waals surface area contributed by atoms with Crippen molar-refractivity contribution in [3.63, 3.8) is 0 Å². The van der Waals surface area contributed by atoms with Crippen LogP contribution in [0.1, 0.15) is 19.8 Å². The molecule has 0 atom stereocenters. The highest BCUT2D eigenvalue weighted by atomic mass is 19.4. The Hall–Kier alpha value is -1.53. The molecular weight excluding hydrogens is 249 g/mol. The molecule has 0 aromatic rings. The predicted molar refractivity (Wildman–Crippen MR) is 58.3 cm³/mol. The van der Waals surface area contributed by atoms with Crippen LogP contribution >= 0.6 is 0 Å². The average Bonchev–Trinajstić information content (AvgIpc) is 2.27. The summed E-state index contributed by atoms with van der Waals surface area (Å²) in [7, 11) is 0. The molecule has 1 rings (SSSR count). The highest BCUT2D eigenvalue weighted by Crippen LogP contribution is 2.22. The maximum absolute atomic E-state index is 12.1. The van der Waals surface area contributed by atoms with E-state index in [9.17, 15) is 22.8 Å². The molecule has 0 aromatic carbocycles. The van der Waals surface area contributed by atoms with Crippen LogP contribution in [0, 0.1) is 5.92 Å². The molecule has 1 fully saturated rings. The lowest BCUT2D eigenvalue weighted by Crippen LogP contribution is -2.38. The van der Waals surface area contributed by atoms with Gasteiger partial charge in [0.25, 0.3) is 5.78 Å². The normalized spacial score (nSPS) is 18.9. The van der Waals surface area contributed by atoms with E-state index in [1.807, 2.05) is 0 Å².